The molecule has 0 radical (unpaired) electrons. The van der Waals surface area contributed by atoms with Crippen LogP contribution in [0, 0.1) is 0 Å². The number of rotatable bonds is 5. The van der Waals surface area contributed by atoms with Crippen molar-refractivity contribution in [3.63, 3.8) is 0 Å². The second-order valence-electron chi connectivity index (χ2n) is 4.13. The van der Waals surface area contributed by atoms with Gasteiger partial charge in [-0.1, -0.05) is 12.1 Å². The van der Waals surface area contributed by atoms with Gasteiger partial charge in [-0.25, -0.2) is 18.8 Å². The maximum absolute atomic E-state index is 12.7. The average molecular weight is 292 g/mol. The van der Waals surface area contributed by atoms with Gasteiger partial charge >= 0.3 is 0 Å². The zero-order chi connectivity index (χ0) is 15.8. The second-order valence-corrected chi connectivity index (χ2v) is 4.13. The highest BCUT2D eigenvalue weighted by molar-refractivity contribution is 6.24. The van der Waals surface area contributed by atoms with Crippen molar-refractivity contribution in [2.24, 2.45) is 20.7 Å². The molecule has 0 atom stereocenters. The highest BCUT2D eigenvalue weighted by Crippen LogP contribution is 2.24. The van der Waals surface area contributed by atoms with Gasteiger partial charge in [-0.05, 0) is 32.7 Å². The lowest BCUT2D eigenvalue weighted by Crippen LogP contribution is -2.11. The summed E-state index contributed by atoms with van der Waals surface area (Å²) in [6.07, 6.45) is -1.22. The van der Waals surface area contributed by atoms with E-state index in [9.17, 15) is 8.78 Å². The van der Waals surface area contributed by atoms with E-state index in [0.717, 1.165) is 0 Å². The molecule has 0 aliphatic rings. The lowest BCUT2D eigenvalue weighted by atomic mass is 10.1. The van der Waals surface area contributed by atoms with Crippen molar-refractivity contribution in [1.29, 1.82) is 0 Å². The first-order valence-electron chi connectivity index (χ1n) is 6.40. The van der Waals surface area contributed by atoms with E-state index in [1.165, 1.54) is 24.4 Å². The number of amidine groups is 1. The summed E-state index contributed by atoms with van der Waals surface area (Å²) in [6, 6.07) is 5.77. The van der Waals surface area contributed by atoms with Crippen LogP contribution in [-0.2, 0) is 0 Å². The molecule has 0 amide bonds. The third-order valence-corrected chi connectivity index (χ3v) is 2.70. The number of hydrogen-bond donors (Lipinski definition) is 1. The fourth-order valence-corrected chi connectivity index (χ4v) is 1.71. The molecule has 6 heteroatoms. The Morgan fingerprint density at radius 1 is 1.43 bits per heavy atom. The van der Waals surface area contributed by atoms with Crippen LogP contribution in [0.1, 0.15) is 25.8 Å². The lowest BCUT2D eigenvalue weighted by Gasteiger charge is -2.07. The largest absolute Gasteiger partial charge is 0.404 e. The van der Waals surface area contributed by atoms with Crippen LogP contribution in [0.3, 0.4) is 0 Å². The molecule has 2 N–H and O–H groups in total. The van der Waals surface area contributed by atoms with Crippen LogP contribution >= 0.6 is 0 Å². The number of alkyl halides is 2. The molecule has 1 aromatic carbocycles. The Morgan fingerprint density at radius 2 is 2.14 bits per heavy atom. The SMILES string of the molecule is C=NC(=Nc1cccc(C(F)F)c1)C(=CN)C(C)=NCC. The number of halogens is 2. The quantitative estimate of drug-likeness (QED) is 0.653. The molecule has 0 bridgehead atoms. The molecule has 0 fully saturated rings. The molecule has 0 aromatic heterocycles. The number of aliphatic imine (C=N–C) groups is 3. The Labute approximate surface area is 122 Å². The van der Waals surface area contributed by atoms with Gasteiger partial charge in [0.25, 0.3) is 6.43 Å². The van der Waals surface area contributed by atoms with Crippen molar-refractivity contribution < 1.29 is 8.78 Å². The minimum atomic E-state index is -2.55. The van der Waals surface area contributed by atoms with Crippen LogP contribution in [0.4, 0.5) is 14.5 Å². The second kappa shape index (κ2) is 8.04. The molecule has 112 valence electrons. The van der Waals surface area contributed by atoms with Gasteiger partial charge in [0.15, 0.2) is 5.84 Å². The summed E-state index contributed by atoms with van der Waals surface area (Å²) in [4.78, 5) is 12.3. The molecule has 0 heterocycles. The average Bonchev–Trinajstić information content (AvgIpc) is 2.47. The molecule has 1 aromatic rings. The zero-order valence-electron chi connectivity index (χ0n) is 12.1. The van der Waals surface area contributed by atoms with E-state index in [2.05, 4.69) is 21.7 Å². The molecule has 4 nitrogen and oxygen atoms in total. The summed E-state index contributed by atoms with van der Waals surface area (Å²) in [5.74, 6) is 0.249. The summed E-state index contributed by atoms with van der Waals surface area (Å²) >= 11 is 0. The Hall–Kier alpha value is -2.37. The van der Waals surface area contributed by atoms with Crippen LogP contribution < -0.4 is 5.73 Å². The number of nitrogens with zero attached hydrogens (tertiary/aromatic N) is 3. The molecule has 0 unspecified atom stereocenters. The Balaban J connectivity index is 3.23. The fraction of sp³-hybridized carbons (Fsp3) is 0.267. The zero-order valence-corrected chi connectivity index (χ0v) is 12.1. The molecular weight excluding hydrogens is 274 g/mol. The van der Waals surface area contributed by atoms with Crippen molar-refractivity contribution in [1.82, 2.24) is 0 Å². The van der Waals surface area contributed by atoms with Crippen LogP contribution in [0.2, 0.25) is 0 Å². The Morgan fingerprint density at radius 3 is 2.67 bits per heavy atom. The first-order valence-corrected chi connectivity index (χ1v) is 6.40. The highest BCUT2D eigenvalue weighted by Gasteiger charge is 2.10. The first-order chi connectivity index (χ1) is 10.0. The van der Waals surface area contributed by atoms with E-state index >= 15 is 0 Å². The van der Waals surface area contributed by atoms with E-state index < -0.39 is 6.43 Å². The minimum absolute atomic E-state index is 0.100. The van der Waals surface area contributed by atoms with Crippen LogP contribution in [0.15, 0.2) is 51.0 Å². The number of benzene rings is 1. The third-order valence-electron chi connectivity index (χ3n) is 2.70. The minimum Gasteiger partial charge on any atom is -0.404 e. The van der Waals surface area contributed by atoms with Gasteiger partial charge in [-0.2, -0.15) is 0 Å². The third kappa shape index (κ3) is 4.59. The predicted molar refractivity (Wildman–Crippen MR) is 84.0 cm³/mol. The summed E-state index contributed by atoms with van der Waals surface area (Å²) in [5, 5.41) is 0. The normalized spacial score (nSPS) is 13.7. The van der Waals surface area contributed by atoms with E-state index in [1.54, 1.807) is 13.0 Å². The monoisotopic (exact) mass is 292 g/mol. The van der Waals surface area contributed by atoms with Crippen molar-refractivity contribution >= 4 is 24.0 Å². The van der Waals surface area contributed by atoms with E-state index in [1.807, 2.05) is 6.92 Å². The van der Waals surface area contributed by atoms with Crippen molar-refractivity contribution in [3.05, 3.63) is 41.6 Å². The van der Waals surface area contributed by atoms with Crippen LogP contribution in [-0.4, -0.2) is 24.8 Å². The van der Waals surface area contributed by atoms with E-state index in [-0.39, 0.29) is 11.4 Å². The van der Waals surface area contributed by atoms with Crippen molar-refractivity contribution in [3.8, 4) is 0 Å². The number of nitrogens with two attached hydrogens (primary N) is 1. The summed E-state index contributed by atoms with van der Waals surface area (Å²) in [6.45, 7) is 7.70. The highest BCUT2D eigenvalue weighted by atomic mass is 19.3. The van der Waals surface area contributed by atoms with Crippen LogP contribution in [0.25, 0.3) is 0 Å². The smallest absolute Gasteiger partial charge is 0.263 e. The van der Waals surface area contributed by atoms with Gasteiger partial charge in [-0.3, -0.25) is 4.99 Å². The number of hydrogen-bond acceptors (Lipinski definition) is 3. The van der Waals surface area contributed by atoms with E-state index in [4.69, 9.17) is 5.73 Å². The van der Waals surface area contributed by atoms with Gasteiger partial charge in [-0.15, -0.1) is 0 Å². The first kappa shape index (κ1) is 16.7. The molecule has 0 aliphatic heterocycles. The van der Waals surface area contributed by atoms with Gasteiger partial charge < -0.3 is 5.73 Å². The van der Waals surface area contributed by atoms with Gasteiger partial charge in [0.2, 0.25) is 0 Å². The van der Waals surface area contributed by atoms with Gasteiger partial charge in [0.1, 0.15) is 0 Å². The maximum atomic E-state index is 12.7. The van der Waals surface area contributed by atoms with Gasteiger partial charge in [0.05, 0.1) is 11.3 Å². The topological polar surface area (TPSA) is 63.1 Å². The predicted octanol–water partition coefficient (Wildman–Crippen LogP) is 3.68. The molecule has 0 saturated heterocycles. The summed E-state index contributed by atoms with van der Waals surface area (Å²) in [7, 11) is 0. The fourth-order valence-electron chi connectivity index (χ4n) is 1.71. The standard InChI is InChI=1S/C15H18F2N4/c1-4-20-10(2)13(9-18)15(19-3)21-12-7-5-6-11(8-12)14(16)17/h5-9,14H,3-4,18H2,1-2H3. The Bertz CT molecular complexity index is 589. The molecule has 0 saturated carbocycles. The molecule has 0 aliphatic carbocycles. The maximum Gasteiger partial charge on any atom is 0.263 e. The van der Waals surface area contributed by atoms with Crippen molar-refractivity contribution in [2.75, 3.05) is 6.54 Å². The van der Waals surface area contributed by atoms with Crippen molar-refractivity contribution in [2.45, 2.75) is 20.3 Å². The summed E-state index contributed by atoms with van der Waals surface area (Å²) < 4.78 is 25.4. The lowest BCUT2D eigenvalue weighted by molar-refractivity contribution is 0.151. The Kier molecular flexibility index (Phi) is 6.39. The molecular formula is C15H18F2N4. The van der Waals surface area contributed by atoms with Gasteiger partial charge in [0, 0.05) is 24.0 Å². The molecule has 0 spiro atoms. The molecule has 21 heavy (non-hydrogen) atoms. The van der Waals surface area contributed by atoms with Crippen LogP contribution in [0.5, 0.6) is 0 Å². The van der Waals surface area contributed by atoms with E-state index in [0.29, 0.717) is 23.5 Å². The molecule has 1 rings (SSSR count). The summed E-state index contributed by atoms with van der Waals surface area (Å²) in [5.41, 5.74) is 7.03.